The molecular formula is C15H17NO4. The topological polar surface area (TPSA) is 66.8 Å². The Bertz CT molecular complexity index is 512. The fraction of sp³-hybridized carbons (Fsp3) is 0.333. The summed E-state index contributed by atoms with van der Waals surface area (Å²) in [6.07, 6.45) is 3.31. The second-order valence-electron chi connectivity index (χ2n) is 4.59. The molecule has 1 amide bonds. The quantitative estimate of drug-likeness (QED) is 0.678. The highest BCUT2D eigenvalue weighted by molar-refractivity contribution is 5.80. The smallest absolute Gasteiger partial charge is 0.407 e. The standard InChI is InChI=1S/C15H17NO4/c1-20-14(17)13(11-7-3-2-4-8-11)12-9-5-6-10-16(12)15(18)19/h2-5,7-9,12-13H,6,10H2,1H3,(H,18,19). The van der Waals surface area contributed by atoms with Crippen LogP contribution in [0.5, 0.6) is 0 Å². The Morgan fingerprint density at radius 1 is 1.35 bits per heavy atom. The molecule has 0 aliphatic carbocycles. The molecule has 0 spiro atoms. The number of carbonyl (C=O) groups excluding carboxylic acids is 1. The molecule has 1 N–H and O–H groups in total. The van der Waals surface area contributed by atoms with Crippen molar-refractivity contribution in [2.75, 3.05) is 13.7 Å². The molecule has 2 atom stereocenters. The predicted molar refractivity (Wildman–Crippen MR) is 73.5 cm³/mol. The van der Waals surface area contributed by atoms with Crippen molar-refractivity contribution in [3.8, 4) is 0 Å². The summed E-state index contributed by atoms with van der Waals surface area (Å²) in [7, 11) is 1.32. The summed E-state index contributed by atoms with van der Waals surface area (Å²) < 4.78 is 4.86. The van der Waals surface area contributed by atoms with E-state index in [2.05, 4.69) is 0 Å². The van der Waals surface area contributed by atoms with E-state index in [1.807, 2.05) is 36.4 Å². The van der Waals surface area contributed by atoms with Gasteiger partial charge in [0.25, 0.3) is 0 Å². The molecule has 0 bridgehead atoms. The SMILES string of the molecule is COC(=O)C(c1ccccc1)C1C=CCCN1C(=O)O. The maximum Gasteiger partial charge on any atom is 0.407 e. The number of rotatable bonds is 3. The molecule has 2 unspecified atom stereocenters. The lowest BCUT2D eigenvalue weighted by molar-refractivity contribution is -0.143. The maximum atomic E-state index is 12.1. The van der Waals surface area contributed by atoms with E-state index < -0.39 is 24.0 Å². The van der Waals surface area contributed by atoms with Gasteiger partial charge in [0.1, 0.15) is 5.92 Å². The van der Waals surface area contributed by atoms with Gasteiger partial charge in [0.2, 0.25) is 0 Å². The van der Waals surface area contributed by atoms with Gasteiger partial charge in [-0.2, -0.15) is 0 Å². The first-order valence-electron chi connectivity index (χ1n) is 6.44. The molecule has 0 aromatic heterocycles. The van der Waals surface area contributed by atoms with E-state index in [1.165, 1.54) is 12.0 Å². The lowest BCUT2D eigenvalue weighted by Gasteiger charge is -2.34. The average Bonchev–Trinajstić information content (AvgIpc) is 2.48. The average molecular weight is 275 g/mol. The number of ether oxygens (including phenoxy) is 1. The van der Waals surface area contributed by atoms with Crippen LogP contribution in [0.25, 0.3) is 0 Å². The van der Waals surface area contributed by atoms with Gasteiger partial charge < -0.3 is 14.7 Å². The second kappa shape index (κ2) is 6.23. The van der Waals surface area contributed by atoms with Crippen molar-refractivity contribution in [3.63, 3.8) is 0 Å². The Labute approximate surface area is 117 Å². The molecule has 1 aromatic carbocycles. The summed E-state index contributed by atoms with van der Waals surface area (Å²) in [4.78, 5) is 24.7. The number of methoxy groups -OCH3 is 1. The molecular weight excluding hydrogens is 258 g/mol. The van der Waals surface area contributed by atoms with Crippen LogP contribution in [0.1, 0.15) is 17.9 Å². The Morgan fingerprint density at radius 3 is 2.65 bits per heavy atom. The normalized spacial score (nSPS) is 19.4. The first-order valence-corrected chi connectivity index (χ1v) is 6.44. The Balaban J connectivity index is 2.40. The van der Waals surface area contributed by atoms with E-state index in [4.69, 9.17) is 4.74 Å². The Morgan fingerprint density at radius 2 is 2.05 bits per heavy atom. The minimum absolute atomic E-state index is 0.386. The highest BCUT2D eigenvalue weighted by atomic mass is 16.5. The van der Waals surface area contributed by atoms with Crippen LogP contribution in [-0.2, 0) is 9.53 Å². The number of amides is 1. The van der Waals surface area contributed by atoms with Crippen LogP contribution in [-0.4, -0.2) is 41.8 Å². The van der Waals surface area contributed by atoms with Gasteiger partial charge in [-0.25, -0.2) is 4.79 Å². The van der Waals surface area contributed by atoms with Gasteiger partial charge in [-0.1, -0.05) is 42.5 Å². The van der Waals surface area contributed by atoms with Crippen molar-refractivity contribution >= 4 is 12.1 Å². The molecule has 1 aliphatic heterocycles. The van der Waals surface area contributed by atoms with E-state index in [0.717, 1.165) is 5.56 Å². The molecule has 106 valence electrons. The highest BCUT2D eigenvalue weighted by Crippen LogP contribution is 2.28. The third-order valence-electron chi connectivity index (χ3n) is 3.43. The van der Waals surface area contributed by atoms with Crippen molar-refractivity contribution in [3.05, 3.63) is 48.0 Å². The van der Waals surface area contributed by atoms with Gasteiger partial charge in [0.05, 0.1) is 13.2 Å². The molecule has 2 rings (SSSR count). The number of hydrogen-bond donors (Lipinski definition) is 1. The monoisotopic (exact) mass is 275 g/mol. The Hall–Kier alpha value is -2.30. The zero-order valence-electron chi connectivity index (χ0n) is 11.2. The van der Waals surface area contributed by atoms with E-state index in [9.17, 15) is 14.7 Å². The van der Waals surface area contributed by atoms with Gasteiger partial charge in [-0.05, 0) is 12.0 Å². The van der Waals surface area contributed by atoms with Crippen LogP contribution in [0.2, 0.25) is 0 Å². The first kappa shape index (κ1) is 14.1. The van der Waals surface area contributed by atoms with Gasteiger partial charge in [0, 0.05) is 6.54 Å². The molecule has 20 heavy (non-hydrogen) atoms. The largest absolute Gasteiger partial charge is 0.468 e. The summed E-state index contributed by atoms with van der Waals surface area (Å²) in [5.41, 5.74) is 0.752. The van der Waals surface area contributed by atoms with Crippen molar-refractivity contribution in [2.45, 2.75) is 18.4 Å². The van der Waals surface area contributed by atoms with Crippen LogP contribution >= 0.6 is 0 Å². The van der Waals surface area contributed by atoms with Gasteiger partial charge >= 0.3 is 12.1 Å². The molecule has 5 heteroatoms. The number of carboxylic acid groups (broad SMARTS) is 1. The summed E-state index contributed by atoms with van der Waals surface area (Å²) in [5.74, 6) is -1.08. The fourth-order valence-electron chi connectivity index (χ4n) is 2.48. The zero-order valence-corrected chi connectivity index (χ0v) is 11.2. The van der Waals surface area contributed by atoms with Crippen molar-refractivity contribution in [1.29, 1.82) is 0 Å². The molecule has 0 radical (unpaired) electrons. The summed E-state index contributed by atoms with van der Waals surface area (Å²) >= 11 is 0. The minimum atomic E-state index is -1.02. The molecule has 1 aromatic rings. The summed E-state index contributed by atoms with van der Waals surface area (Å²) in [6.45, 7) is 0.386. The van der Waals surface area contributed by atoms with Crippen LogP contribution in [0.15, 0.2) is 42.5 Å². The summed E-state index contributed by atoms with van der Waals surface area (Å²) in [5, 5.41) is 9.30. The van der Waals surface area contributed by atoms with Gasteiger partial charge in [-0.3, -0.25) is 4.79 Å². The molecule has 1 heterocycles. The van der Waals surface area contributed by atoms with Gasteiger partial charge in [0.15, 0.2) is 0 Å². The molecule has 0 saturated carbocycles. The van der Waals surface area contributed by atoms with Crippen LogP contribution in [0, 0.1) is 0 Å². The van der Waals surface area contributed by atoms with Crippen LogP contribution < -0.4 is 0 Å². The van der Waals surface area contributed by atoms with E-state index in [0.29, 0.717) is 13.0 Å². The lowest BCUT2D eigenvalue weighted by atomic mass is 9.88. The molecule has 1 aliphatic rings. The fourth-order valence-corrected chi connectivity index (χ4v) is 2.48. The number of nitrogens with zero attached hydrogens (tertiary/aromatic N) is 1. The molecule has 0 saturated heterocycles. The van der Waals surface area contributed by atoms with Gasteiger partial charge in [-0.15, -0.1) is 0 Å². The number of hydrogen-bond acceptors (Lipinski definition) is 3. The first-order chi connectivity index (χ1) is 9.65. The van der Waals surface area contributed by atoms with Crippen molar-refractivity contribution in [2.24, 2.45) is 0 Å². The predicted octanol–water partition coefficient (Wildman–Crippen LogP) is 2.25. The third kappa shape index (κ3) is 2.82. The zero-order chi connectivity index (χ0) is 14.5. The number of carbonyl (C=O) groups is 2. The Kier molecular flexibility index (Phi) is 4.40. The maximum absolute atomic E-state index is 12.1. The molecule has 5 nitrogen and oxygen atoms in total. The highest BCUT2D eigenvalue weighted by Gasteiger charge is 2.36. The second-order valence-corrected chi connectivity index (χ2v) is 4.59. The van der Waals surface area contributed by atoms with E-state index in [-0.39, 0.29) is 0 Å². The number of esters is 1. The van der Waals surface area contributed by atoms with Crippen molar-refractivity contribution < 1.29 is 19.4 Å². The molecule has 0 fully saturated rings. The van der Waals surface area contributed by atoms with E-state index in [1.54, 1.807) is 6.08 Å². The van der Waals surface area contributed by atoms with Crippen LogP contribution in [0.3, 0.4) is 0 Å². The minimum Gasteiger partial charge on any atom is -0.468 e. The lowest BCUT2D eigenvalue weighted by Crippen LogP contribution is -2.46. The number of benzene rings is 1. The van der Waals surface area contributed by atoms with Crippen molar-refractivity contribution in [1.82, 2.24) is 4.90 Å². The summed E-state index contributed by atoms with van der Waals surface area (Å²) in [6, 6.07) is 8.58. The third-order valence-corrected chi connectivity index (χ3v) is 3.43. The van der Waals surface area contributed by atoms with E-state index >= 15 is 0 Å². The van der Waals surface area contributed by atoms with Crippen LogP contribution in [0.4, 0.5) is 4.79 Å².